The van der Waals surface area contributed by atoms with Gasteiger partial charge >= 0.3 is 6.18 Å². The fourth-order valence-electron chi connectivity index (χ4n) is 1.90. The highest BCUT2D eigenvalue weighted by Gasteiger charge is 2.31. The number of alkyl halides is 3. The Morgan fingerprint density at radius 3 is 2.50 bits per heavy atom. The number of ether oxygens (including phenoxy) is 1. The van der Waals surface area contributed by atoms with Crippen molar-refractivity contribution in [2.75, 3.05) is 6.61 Å². The van der Waals surface area contributed by atoms with Crippen molar-refractivity contribution >= 4 is 8.07 Å². The molecular weight excluding hydrogens is 313 g/mol. The number of aliphatic hydroxyl groups is 1. The normalized spacial score (nSPS) is 14.4. The van der Waals surface area contributed by atoms with Crippen LogP contribution < -0.4 is 0 Å². The molecule has 1 aromatic heterocycles. The number of hydrogen-bond acceptors (Lipinski definition) is 3. The zero-order valence-electron chi connectivity index (χ0n) is 13.6. The molecule has 1 unspecified atom stereocenters. The van der Waals surface area contributed by atoms with Crippen molar-refractivity contribution in [3.63, 3.8) is 0 Å². The molecule has 0 spiro atoms. The van der Waals surface area contributed by atoms with Crippen LogP contribution >= 0.6 is 0 Å². The number of halogens is 3. The first-order valence-corrected chi connectivity index (χ1v) is 11.1. The molecule has 0 aromatic carbocycles. The smallest absolute Gasteiger partial charge is 0.388 e. The summed E-state index contributed by atoms with van der Waals surface area (Å²) in [5, 5.41) is 13.8. The third-order valence-corrected chi connectivity index (χ3v) is 4.91. The van der Waals surface area contributed by atoms with E-state index in [1.165, 1.54) is 10.9 Å². The lowest BCUT2D eigenvalue weighted by molar-refractivity contribution is -0.128. The van der Waals surface area contributed by atoms with Gasteiger partial charge < -0.3 is 9.84 Å². The van der Waals surface area contributed by atoms with Crippen LogP contribution in [-0.4, -0.2) is 35.7 Å². The number of nitrogens with zero attached hydrogens (tertiary/aromatic N) is 2. The molecule has 4 nitrogen and oxygen atoms in total. The molecule has 1 N–H and O–H groups in total. The number of aromatic nitrogens is 2. The lowest BCUT2D eigenvalue weighted by atomic mass is 10.1. The summed E-state index contributed by atoms with van der Waals surface area (Å²) in [6.45, 7) is 9.05. The van der Waals surface area contributed by atoms with Crippen LogP contribution in [0.4, 0.5) is 13.2 Å². The average molecular weight is 338 g/mol. The summed E-state index contributed by atoms with van der Waals surface area (Å²) in [6, 6.07) is 0.980. The number of rotatable bonds is 8. The van der Waals surface area contributed by atoms with Gasteiger partial charge in [0.2, 0.25) is 0 Å². The summed E-state index contributed by atoms with van der Waals surface area (Å²) in [6.07, 6.45) is -4.63. The standard InChI is InChI=1S/C14H25F3N2O2Si/c1-5-13(20)11-9-19(10-21-6-7-22(2,3)4)18-12(11)8-14(15,16)17/h9,13,20H,5-8,10H2,1-4H3. The lowest BCUT2D eigenvalue weighted by Gasteiger charge is -2.15. The average Bonchev–Trinajstić information content (AvgIpc) is 2.73. The SMILES string of the molecule is CCC(O)c1cn(COCC[Si](C)(C)C)nc1CC(F)(F)F. The van der Waals surface area contributed by atoms with E-state index < -0.39 is 26.8 Å². The highest BCUT2D eigenvalue weighted by molar-refractivity contribution is 6.76. The Bertz CT molecular complexity index is 470. The van der Waals surface area contributed by atoms with Crippen LogP contribution in [0.3, 0.4) is 0 Å². The van der Waals surface area contributed by atoms with Gasteiger partial charge in [-0.2, -0.15) is 18.3 Å². The van der Waals surface area contributed by atoms with Gasteiger partial charge in [0, 0.05) is 26.4 Å². The Morgan fingerprint density at radius 2 is 2.00 bits per heavy atom. The molecule has 128 valence electrons. The second-order valence-electron chi connectivity index (χ2n) is 6.63. The molecule has 22 heavy (non-hydrogen) atoms. The van der Waals surface area contributed by atoms with Gasteiger partial charge in [0.15, 0.2) is 0 Å². The second-order valence-corrected chi connectivity index (χ2v) is 12.3. The minimum atomic E-state index is -4.35. The minimum Gasteiger partial charge on any atom is -0.388 e. The fraction of sp³-hybridized carbons (Fsp3) is 0.786. The topological polar surface area (TPSA) is 47.3 Å². The van der Waals surface area contributed by atoms with Gasteiger partial charge in [-0.3, -0.25) is 0 Å². The number of aliphatic hydroxyl groups excluding tert-OH is 1. The molecule has 0 amide bonds. The van der Waals surface area contributed by atoms with E-state index >= 15 is 0 Å². The van der Waals surface area contributed by atoms with Crippen molar-refractivity contribution in [2.45, 2.75) is 64.5 Å². The predicted molar refractivity (Wildman–Crippen MR) is 81.3 cm³/mol. The van der Waals surface area contributed by atoms with E-state index in [0.717, 1.165) is 6.04 Å². The molecule has 1 rings (SSSR count). The molecule has 0 aliphatic heterocycles. The highest BCUT2D eigenvalue weighted by atomic mass is 28.3. The monoisotopic (exact) mass is 338 g/mol. The Kier molecular flexibility index (Phi) is 6.63. The maximum absolute atomic E-state index is 12.6. The first kappa shape index (κ1) is 19.2. The zero-order chi connectivity index (χ0) is 17.0. The van der Waals surface area contributed by atoms with E-state index in [-0.39, 0.29) is 18.0 Å². The van der Waals surface area contributed by atoms with Crippen molar-refractivity contribution in [3.8, 4) is 0 Å². The highest BCUT2D eigenvalue weighted by Crippen LogP contribution is 2.27. The predicted octanol–water partition coefficient (Wildman–Crippen LogP) is 3.74. The van der Waals surface area contributed by atoms with Gasteiger partial charge in [0.25, 0.3) is 0 Å². The lowest BCUT2D eigenvalue weighted by Crippen LogP contribution is -2.22. The third kappa shape index (κ3) is 6.93. The Hall–Kier alpha value is -0.863. The largest absolute Gasteiger partial charge is 0.394 e. The van der Waals surface area contributed by atoms with Crippen LogP contribution in [0.15, 0.2) is 6.20 Å². The molecule has 1 aromatic rings. The van der Waals surface area contributed by atoms with Crippen molar-refractivity contribution in [1.82, 2.24) is 9.78 Å². The Labute approximate surface area is 130 Å². The van der Waals surface area contributed by atoms with E-state index in [0.29, 0.717) is 13.0 Å². The van der Waals surface area contributed by atoms with Gasteiger partial charge in [-0.05, 0) is 12.5 Å². The summed E-state index contributed by atoms with van der Waals surface area (Å²) in [4.78, 5) is 0. The van der Waals surface area contributed by atoms with Crippen LogP contribution in [0.1, 0.15) is 30.7 Å². The molecule has 1 heterocycles. The van der Waals surface area contributed by atoms with Gasteiger partial charge in [0.05, 0.1) is 18.2 Å². The second kappa shape index (κ2) is 7.61. The molecule has 0 radical (unpaired) electrons. The summed E-state index contributed by atoms with van der Waals surface area (Å²) in [7, 11) is -1.20. The molecule has 0 aliphatic rings. The minimum absolute atomic E-state index is 0.103. The van der Waals surface area contributed by atoms with Crippen LogP contribution in [0.25, 0.3) is 0 Å². The van der Waals surface area contributed by atoms with Crippen molar-refractivity contribution in [1.29, 1.82) is 0 Å². The quantitative estimate of drug-likeness (QED) is 0.580. The van der Waals surface area contributed by atoms with Gasteiger partial charge in [-0.25, -0.2) is 4.68 Å². The van der Waals surface area contributed by atoms with Crippen molar-refractivity contribution in [2.24, 2.45) is 0 Å². The fourth-order valence-corrected chi connectivity index (χ4v) is 2.66. The van der Waals surface area contributed by atoms with E-state index in [1.807, 2.05) is 0 Å². The molecule has 0 aliphatic carbocycles. The molecular formula is C14H25F3N2O2Si. The van der Waals surface area contributed by atoms with Crippen LogP contribution in [-0.2, 0) is 17.9 Å². The van der Waals surface area contributed by atoms with Gasteiger partial charge in [-0.15, -0.1) is 0 Å². The molecule has 0 fully saturated rings. The maximum atomic E-state index is 12.6. The Morgan fingerprint density at radius 1 is 1.36 bits per heavy atom. The third-order valence-electron chi connectivity index (χ3n) is 3.20. The molecule has 0 saturated carbocycles. The van der Waals surface area contributed by atoms with Crippen LogP contribution in [0, 0.1) is 0 Å². The summed E-state index contributed by atoms with van der Waals surface area (Å²) in [5.74, 6) is 0. The summed E-state index contributed by atoms with van der Waals surface area (Å²) >= 11 is 0. The van der Waals surface area contributed by atoms with Crippen molar-refractivity contribution < 1.29 is 23.0 Å². The molecule has 1 atom stereocenters. The van der Waals surface area contributed by atoms with Gasteiger partial charge in [-0.1, -0.05) is 26.6 Å². The van der Waals surface area contributed by atoms with Crippen LogP contribution in [0.2, 0.25) is 25.7 Å². The first-order chi connectivity index (χ1) is 10.0. The summed E-state index contributed by atoms with van der Waals surface area (Å²) in [5.41, 5.74) is 0.101. The zero-order valence-corrected chi connectivity index (χ0v) is 14.6. The van der Waals surface area contributed by atoms with Crippen LogP contribution in [0.5, 0.6) is 0 Å². The van der Waals surface area contributed by atoms with E-state index in [1.54, 1.807) is 6.92 Å². The summed E-state index contributed by atoms with van der Waals surface area (Å²) < 4.78 is 44.5. The molecule has 0 bridgehead atoms. The van der Waals surface area contributed by atoms with Gasteiger partial charge in [0.1, 0.15) is 6.73 Å². The molecule has 0 saturated heterocycles. The first-order valence-electron chi connectivity index (χ1n) is 7.40. The maximum Gasteiger partial charge on any atom is 0.394 e. The van der Waals surface area contributed by atoms with Crippen molar-refractivity contribution in [3.05, 3.63) is 17.5 Å². The molecule has 8 heteroatoms. The van der Waals surface area contributed by atoms with E-state index in [4.69, 9.17) is 4.74 Å². The Balaban J connectivity index is 2.72. The number of hydrogen-bond donors (Lipinski definition) is 1. The van der Waals surface area contributed by atoms with E-state index in [9.17, 15) is 18.3 Å². The van der Waals surface area contributed by atoms with E-state index in [2.05, 4.69) is 24.7 Å².